The maximum absolute atomic E-state index is 12.7. The molecule has 168 valence electrons. The molecule has 0 saturated heterocycles. The minimum atomic E-state index is -0.262. The van der Waals surface area contributed by atoms with Crippen LogP contribution in [0.2, 0.25) is 0 Å². The molecule has 3 aromatic carbocycles. The summed E-state index contributed by atoms with van der Waals surface area (Å²) in [5, 5.41) is 5.99. The third kappa shape index (κ3) is 5.36. The van der Waals surface area contributed by atoms with E-state index < -0.39 is 0 Å². The Bertz CT molecular complexity index is 1240. The molecule has 1 aliphatic rings. The number of hydrogen-bond donors (Lipinski definition) is 2. The molecule has 0 aliphatic carbocycles. The van der Waals surface area contributed by atoms with Gasteiger partial charge in [-0.3, -0.25) is 9.59 Å². The first-order valence-corrected chi connectivity index (χ1v) is 11.6. The summed E-state index contributed by atoms with van der Waals surface area (Å²) in [6.07, 6.45) is 1.79. The number of hydrogen-bond acceptors (Lipinski definition) is 5. The summed E-state index contributed by atoms with van der Waals surface area (Å²) >= 11 is 2.15. The molecule has 1 amide bonds. The number of fused-ring (bicyclic) bond motifs is 1. The van der Waals surface area contributed by atoms with Crippen LogP contribution in [0.5, 0.6) is 11.5 Å². The van der Waals surface area contributed by atoms with Crippen molar-refractivity contribution in [2.24, 2.45) is 0 Å². The molecule has 6 nitrogen and oxygen atoms in total. The largest absolute Gasteiger partial charge is 0.490 e. The highest BCUT2D eigenvalue weighted by atomic mass is 127. The number of rotatable bonds is 7. The minimum Gasteiger partial charge on any atom is -0.490 e. The second kappa shape index (κ2) is 10.1. The van der Waals surface area contributed by atoms with Gasteiger partial charge in [0.15, 0.2) is 18.1 Å². The number of para-hydroxylation sites is 1. The van der Waals surface area contributed by atoms with Gasteiger partial charge in [-0.25, -0.2) is 0 Å². The van der Waals surface area contributed by atoms with E-state index in [0.29, 0.717) is 35.1 Å². The van der Waals surface area contributed by atoms with Crippen LogP contribution < -0.4 is 20.1 Å². The molecule has 0 bridgehead atoms. The Morgan fingerprint density at radius 1 is 1.09 bits per heavy atom. The molecule has 1 aliphatic heterocycles. The number of allylic oxidation sites excluding steroid dienone is 1. The molecular formula is C26H23IN2O4. The number of ketones is 1. The number of anilines is 2. The van der Waals surface area contributed by atoms with Crippen molar-refractivity contribution in [2.45, 2.75) is 13.8 Å². The lowest BCUT2D eigenvalue weighted by atomic mass is 10.1. The number of Topliss-reactive ketones (excluding diaryl/α,β-unsaturated/α-hetero) is 1. The van der Waals surface area contributed by atoms with E-state index in [1.54, 1.807) is 12.1 Å². The summed E-state index contributed by atoms with van der Waals surface area (Å²) in [7, 11) is 0. The van der Waals surface area contributed by atoms with Gasteiger partial charge >= 0.3 is 0 Å². The van der Waals surface area contributed by atoms with Crippen molar-refractivity contribution in [2.75, 3.05) is 23.8 Å². The molecule has 4 rings (SSSR count). The third-order valence-corrected chi connectivity index (χ3v) is 5.81. The Morgan fingerprint density at radius 3 is 2.58 bits per heavy atom. The molecule has 33 heavy (non-hydrogen) atoms. The molecule has 1 heterocycles. The predicted octanol–water partition coefficient (Wildman–Crippen LogP) is 5.67. The molecule has 0 saturated carbocycles. The number of ether oxygens (including phenoxy) is 2. The Morgan fingerprint density at radius 2 is 1.85 bits per heavy atom. The number of carbonyl (C=O) groups excluding carboxylic acids is 2. The topological polar surface area (TPSA) is 76.7 Å². The Balaban J connectivity index is 1.51. The van der Waals surface area contributed by atoms with Gasteiger partial charge in [-0.05, 0) is 84.5 Å². The van der Waals surface area contributed by atoms with Crippen molar-refractivity contribution >= 4 is 51.7 Å². The van der Waals surface area contributed by atoms with Crippen molar-refractivity contribution in [3.63, 3.8) is 0 Å². The molecule has 0 radical (unpaired) electrons. The summed E-state index contributed by atoms with van der Waals surface area (Å²) in [5.41, 5.74) is 4.58. The van der Waals surface area contributed by atoms with Gasteiger partial charge in [-0.15, -0.1) is 0 Å². The van der Waals surface area contributed by atoms with E-state index in [1.165, 1.54) is 0 Å². The monoisotopic (exact) mass is 554 g/mol. The molecule has 2 N–H and O–H groups in total. The average molecular weight is 554 g/mol. The fourth-order valence-electron chi connectivity index (χ4n) is 3.45. The van der Waals surface area contributed by atoms with Crippen LogP contribution >= 0.6 is 22.6 Å². The second-order valence-electron chi connectivity index (χ2n) is 7.52. The van der Waals surface area contributed by atoms with E-state index in [1.807, 2.05) is 68.4 Å². The average Bonchev–Trinajstić information content (AvgIpc) is 3.10. The zero-order chi connectivity index (χ0) is 23.4. The van der Waals surface area contributed by atoms with Gasteiger partial charge < -0.3 is 20.1 Å². The van der Waals surface area contributed by atoms with E-state index in [0.717, 1.165) is 20.4 Å². The maximum Gasteiger partial charge on any atom is 0.262 e. The van der Waals surface area contributed by atoms with E-state index >= 15 is 0 Å². The van der Waals surface area contributed by atoms with Gasteiger partial charge in [0.25, 0.3) is 5.91 Å². The van der Waals surface area contributed by atoms with E-state index in [9.17, 15) is 9.59 Å². The van der Waals surface area contributed by atoms with Crippen LogP contribution in [0.3, 0.4) is 0 Å². The molecular weight excluding hydrogens is 531 g/mol. The van der Waals surface area contributed by atoms with Crippen molar-refractivity contribution < 1.29 is 19.1 Å². The number of halogens is 1. The fourth-order valence-corrected chi connectivity index (χ4v) is 4.23. The highest BCUT2D eigenvalue weighted by Gasteiger charge is 2.24. The number of nitrogens with one attached hydrogen (secondary N) is 2. The summed E-state index contributed by atoms with van der Waals surface area (Å²) in [6.45, 7) is 4.15. The lowest BCUT2D eigenvalue weighted by molar-refractivity contribution is -0.118. The molecule has 0 unspecified atom stereocenters. The van der Waals surface area contributed by atoms with Crippen LogP contribution in [0.4, 0.5) is 11.4 Å². The van der Waals surface area contributed by atoms with Crippen LogP contribution in [0.25, 0.3) is 6.08 Å². The summed E-state index contributed by atoms with van der Waals surface area (Å²) < 4.78 is 12.4. The first-order valence-electron chi connectivity index (χ1n) is 10.5. The van der Waals surface area contributed by atoms with Gasteiger partial charge in [-0.1, -0.05) is 29.8 Å². The van der Waals surface area contributed by atoms with Gasteiger partial charge in [0.2, 0.25) is 5.78 Å². The standard InChI is InChI=1S/C26H23IN2O4/c1-3-32-23-14-17(13-22-25(31)19-6-4-5-7-21(19)29-22)12-20(27)26(23)33-15-24(30)28-18-10-8-16(2)9-11-18/h4-14,29H,3,15H2,1-2H3,(H,28,30)/b22-13-. The fraction of sp³-hybridized carbons (Fsp3) is 0.154. The summed E-state index contributed by atoms with van der Waals surface area (Å²) in [5.74, 6) is 0.698. The van der Waals surface area contributed by atoms with Crippen LogP contribution in [-0.2, 0) is 4.79 Å². The van der Waals surface area contributed by atoms with Gasteiger partial charge in [0, 0.05) is 16.9 Å². The maximum atomic E-state index is 12.7. The van der Waals surface area contributed by atoms with Crippen molar-refractivity contribution in [1.82, 2.24) is 0 Å². The van der Waals surface area contributed by atoms with Crippen LogP contribution in [0.1, 0.15) is 28.4 Å². The number of carbonyl (C=O) groups is 2. The van der Waals surface area contributed by atoms with Crippen LogP contribution in [0.15, 0.2) is 66.4 Å². The Hall–Kier alpha value is -3.33. The van der Waals surface area contributed by atoms with Gasteiger partial charge in [0.05, 0.1) is 15.9 Å². The minimum absolute atomic E-state index is 0.0494. The quantitative estimate of drug-likeness (QED) is 0.291. The number of benzene rings is 3. The van der Waals surface area contributed by atoms with Crippen LogP contribution in [-0.4, -0.2) is 24.9 Å². The van der Waals surface area contributed by atoms with Crippen LogP contribution in [0, 0.1) is 10.5 Å². The Labute approximate surface area is 206 Å². The molecule has 0 fully saturated rings. The molecule has 0 aromatic heterocycles. The Kier molecular flexibility index (Phi) is 6.98. The zero-order valence-corrected chi connectivity index (χ0v) is 20.4. The lowest BCUT2D eigenvalue weighted by Gasteiger charge is -2.15. The summed E-state index contributed by atoms with van der Waals surface area (Å²) in [6, 6.07) is 18.7. The molecule has 3 aromatic rings. The lowest BCUT2D eigenvalue weighted by Crippen LogP contribution is -2.20. The predicted molar refractivity (Wildman–Crippen MR) is 138 cm³/mol. The first kappa shape index (κ1) is 22.8. The highest BCUT2D eigenvalue weighted by Crippen LogP contribution is 2.36. The van der Waals surface area contributed by atoms with E-state index in [-0.39, 0.29) is 18.3 Å². The van der Waals surface area contributed by atoms with Gasteiger partial charge in [-0.2, -0.15) is 0 Å². The summed E-state index contributed by atoms with van der Waals surface area (Å²) in [4.78, 5) is 25.0. The van der Waals surface area contributed by atoms with Gasteiger partial charge in [0.1, 0.15) is 0 Å². The highest BCUT2D eigenvalue weighted by molar-refractivity contribution is 14.1. The first-order chi connectivity index (χ1) is 15.9. The number of aryl methyl sites for hydroxylation is 1. The van der Waals surface area contributed by atoms with Crippen molar-refractivity contribution in [1.29, 1.82) is 0 Å². The van der Waals surface area contributed by atoms with E-state index in [2.05, 4.69) is 33.2 Å². The SMILES string of the molecule is CCOc1cc(/C=C2\Nc3ccccc3C2=O)cc(I)c1OCC(=O)Nc1ccc(C)cc1. The molecule has 7 heteroatoms. The van der Waals surface area contributed by atoms with Crippen molar-refractivity contribution in [3.8, 4) is 11.5 Å². The smallest absolute Gasteiger partial charge is 0.262 e. The van der Waals surface area contributed by atoms with Crippen molar-refractivity contribution in [3.05, 3.63) is 86.6 Å². The molecule has 0 atom stereocenters. The molecule has 0 spiro atoms. The normalized spacial score (nSPS) is 13.4. The third-order valence-electron chi connectivity index (χ3n) is 5.01. The zero-order valence-electron chi connectivity index (χ0n) is 18.3. The van der Waals surface area contributed by atoms with E-state index in [4.69, 9.17) is 9.47 Å². The second-order valence-corrected chi connectivity index (χ2v) is 8.69. The number of amides is 1.